The minimum Gasteiger partial charge on any atom is -0.489 e. The van der Waals surface area contributed by atoms with E-state index in [1.165, 1.54) is 6.92 Å². The number of esters is 2. The molecule has 8 heteroatoms. The number of rotatable bonds is 10. The zero-order valence-corrected chi connectivity index (χ0v) is 19.0. The van der Waals surface area contributed by atoms with E-state index in [0.717, 1.165) is 16.5 Å². The highest BCUT2D eigenvalue weighted by molar-refractivity contribution is 6.08. The van der Waals surface area contributed by atoms with Crippen molar-refractivity contribution in [2.75, 3.05) is 13.2 Å². The minimum atomic E-state index is -2.01. The van der Waals surface area contributed by atoms with Crippen LogP contribution < -0.4 is 10.1 Å². The molecule has 0 atom stereocenters. The van der Waals surface area contributed by atoms with Crippen molar-refractivity contribution in [3.63, 3.8) is 0 Å². The fraction of sp³-hybridized carbons (Fsp3) is 0.320. The van der Waals surface area contributed by atoms with E-state index in [9.17, 15) is 14.4 Å². The van der Waals surface area contributed by atoms with Crippen molar-refractivity contribution in [3.8, 4) is 5.75 Å². The molecule has 0 saturated carbocycles. The van der Waals surface area contributed by atoms with Crippen molar-refractivity contribution in [2.24, 2.45) is 0 Å². The molecule has 0 radical (unpaired) electrons. The van der Waals surface area contributed by atoms with Crippen LogP contribution in [0.4, 0.5) is 0 Å². The summed E-state index contributed by atoms with van der Waals surface area (Å²) in [6.45, 7) is 4.98. The number of aromatic amines is 1. The molecular weight excluding hydrogens is 424 g/mol. The largest absolute Gasteiger partial charge is 0.489 e. The second-order valence-corrected chi connectivity index (χ2v) is 7.50. The Morgan fingerprint density at radius 2 is 1.64 bits per heavy atom. The number of ether oxygens (including phenoxy) is 3. The SMILES string of the molecule is CCOC(=O)C(Cc1c[nH]c2ccc(OCc3ccccc3)cc12)(NC(C)=O)C(=O)OCC. The fourth-order valence-electron chi connectivity index (χ4n) is 3.60. The van der Waals surface area contributed by atoms with E-state index in [2.05, 4.69) is 10.3 Å². The molecule has 174 valence electrons. The second kappa shape index (κ2) is 10.7. The maximum Gasteiger partial charge on any atom is 0.344 e. The summed E-state index contributed by atoms with van der Waals surface area (Å²) in [4.78, 5) is 41.0. The van der Waals surface area contributed by atoms with Gasteiger partial charge in [0.1, 0.15) is 12.4 Å². The van der Waals surface area contributed by atoms with Crippen LogP contribution in [-0.2, 0) is 36.9 Å². The summed E-state index contributed by atoms with van der Waals surface area (Å²) >= 11 is 0. The van der Waals surface area contributed by atoms with Crippen LogP contribution in [0, 0.1) is 0 Å². The van der Waals surface area contributed by atoms with Gasteiger partial charge in [-0.05, 0) is 43.2 Å². The Kier molecular flexibility index (Phi) is 7.71. The highest BCUT2D eigenvalue weighted by Gasteiger charge is 2.50. The van der Waals surface area contributed by atoms with Gasteiger partial charge in [0.2, 0.25) is 11.4 Å². The molecule has 0 bridgehead atoms. The fourth-order valence-corrected chi connectivity index (χ4v) is 3.60. The summed E-state index contributed by atoms with van der Waals surface area (Å²) in [6, 6.07) is 15.3. The van der Waals surface area contributed by atoms with Gasteiger partial charge in [-0.2, -0.15) is 0 Å². The first kappa shape index (κ1) is 23.8. The molecule has 33 heavy (non-hydrogen) atoms. The van der Waals surface area contributed by atoms with Crippen LogP contribution in [0.5, 0.6) is 5.75 Å². The molecule has 2 N–H and O–H groups in total. The minimum absolute atomic E-state index is 0.0466. The molecule has 0 unspecified atom stereocenters. The molecular formula is C25H28N2O6. The number of hydrogen-bond acceptors (Lipinski definition) is 6. The molecule has 2 aromatic carbocycles. The molecule has 1 heterocycles. The van der Waals surface area contributed by atoms with Crippen molar-refractivity contribution in [1.29, 1.82) is 0 Å². The van der Waals surface area contributed by atoms with E-state index < -0.39 is 23.4 Å². The van der Waals surface area contributed by atoms with Gasteiger partial charge in [-0.15, -0.1) is 0 Å². The number of nitrogens with one attached hydrogen (secondary N) is 2. The van der Waals surface area contributed by atoms with Crippen LogP contribution in [-0.4, -0.2) is 41.6 Å². The first-order valence-electron chi connectivity index (χ1n) is 10.8. The summed E-state index contributed by atoms with van der Waals surface area (Å²) in [6.07, 6.45) is 1.55. The second-order valence-electron chi connectivity index (χ2n) is 7.50. The number of carbonyl (C=O) groups excluding carboxylic acids is 3. The van der Waals surface area contributed by atoms with Crippen molar-refractivity contribution in [3.05, 3.63) is 65.9 Å². The van der Waals surface area contributed by atoms with E-state index in [0.29, 0.717) is 17.9 Å². The van der Waals surface area contributed by atoms with Crippen LogP contribution in [0.25, 0.3) is 10.9 Å². The van der Waals surface area contributed by atoms with Crippen LogP contribution in [0.3, 0.4) is 0 Å². The van der Waals surface area contributed by atoms with Gasteiger partial charge in [0.25, 0.3) is 0 Å². The number of aromatic nitrogens is 1. The van der Waals surface area contributed by atoms with E-state index in [-0.39, 0.29) is 19.6 Å². The van der Waals surface area contributed by atoms with E-state index in [1.54, 1.807) is 20.0 Å². The molecule has 3 aromatic rings. The third kappa shape index (κ3) is 5.52. The molecule has 8 nitrogen and oxygen atoms in total. The molecule has 1 aromatic heterocycles. The van der Waals surface area contributed by atoms with Gasteiger partial charge < -0.3 is 24.5 Å². The lowest BCUT2D eigenvalue weighted by molar-refractivity contribution is -0.167. The lowest BCUT2D eigenvalue weighted by Gasteiger charge is -2.29. The first-order chi connectivity index (χ1) is 15.9. The number of carbonyl (C=O) groups is 3. The zero-order chi connectivity index (χ0) is 23.8. The summed E-state index contributed by atoms with van der Waals surface area (Å²) < 4.78 is 16.2. The first-order valence-corrected chi connectivity index (χ1v) is 10.8. The Balaban J connectivity index is 1.96. The average Bonchev–Trinajstić information content (AvgIpc) is 3.19. The Labute approximate surface area is 192 Å². The third-order valence-corrected chi connectivity index (χ3v) is 5.08. The normalized spacial score (nSPS) is 11.1. The highest BCUT2D eigenvalue weighted by atomic mass is 16.6. The van der Waals surface area contributed by atoms with Crippen LogP contribution in [0.2, 0.25) is 0 Å². The molecule has 0 fully saturated rings. The summed E-state index contributed by atoms with van der Waals surface area (Å²) in [5, 5.41) is 3.25. The highest BCUT2D eigenvalue weighted by Crippen LogP contribution is 2.28. The van der Waals surface area contributed by atoms with E-state index >= 15 is 0 Å². The van der Waals surface area contributed by atoms with Crippen molar-refractivity contribution in [2.45, 2.75) is 39.3 Å². The van der Waals surface area contributed by atoms with Gasteiger partial charge >= 0.3 is 11.9 Å². The Morgan fingerprint density at radius 1 is 0.970 bits per heavy atom. The summed E-state index contributed by atoms with van der Waals surface area (Å²) in [7, 11) is 0. The Morgan fingerprint density at radius 3 is 2.24 bits per heavy atom. The van der Waals surface area contributed by atoms with Crippen LogP contribution in [0.1, 0.15) is 31.9 Å². The maximum atomic E-state index is 12.9. The molecule has 0 spiro atoms. The summed E-state index contributed by atoms with van der Waals surface area (Å²) in [5.41, 5.74) is 0.446. The zero-order valence-electron chi connectivity index (χ0n) is 19.0. The van der Waals surface area contributed by atoms with Gasteiger partial charge in [-0.1, -0.05) is 30.3 Å². The lowest BCUT2D eigenvalue weighted by atomic mass is 9.90. The summed E-state index contributed by atoms with van der Waals surface area (Å²) in [5.74, 6) is -1.67. The van der Waals surface area contributed by atoms with Crippen molar-refractivity contribution in [1.82, 2.24) is 10.3 Å². The Bertz CT molecular complexity index is 1100. The van der Waals surface area contributed by atoms with E-state index in [1.807, 2.05) is 48.5 Å². The monoisotopic (exact) mass is 452 g/mol. The number of H-pyrrole nitrogens is 1. The van der Waals surface area contributed by atoms with Gasteiger partial charge in [-0.25, -0.2) is 9.59 Å². The quantitative estimate of drug-likeness (QED) is 0.361. The van der Waals surface area contributed by atoms with Crippen molar-refractivity contribution < 1.29 is 28.6 Å². The molecule has 1 amide bonds. The van der Waals surface area contributed by atoms with Crippen molar-refractivity contribution >= 4 is 28.7 Å². The predicted molar refractivity (Wildman–Crippen MR) is 123 cm³/mol. The number of amides is 1. The van der Waals surface area contributed by atoms with Crippen LogP contribution >= 0.6 is 0 Å². The average molecular weight is 453 g/mol. The number of fused-ring (bicyclic) bond motifs is 1. The molecule has 3 rings (SSSR count). The molecule has 0 aliphatic rings. The molecule has 0 saturated heterocycles. The third-order valence-electron chi connectivity index (χ3n) is 5.08. The van der Waals surface area contributed by atoms with Gasteiger partial charge in [-0.3, -0.25) is 4.79 Å². The standard InChI is InChI=1S/C25H28N2O6/c1-4-31-23(29)25(27-17(3)28,24(30)32-5-2)14-19-15-26-22-12-11-20(13-21(19)22)33-16-18-9-7-6-8-10-18/h6-13,15,26H,4-5,14,16H2,1-3H3,(H,27,28). The number of benzene rings is 2. The topological polar surface area (TPSA) is 107 Å². The molecule has 0 aliphatic carbocycles. The smallest absolute Gasteiger partial charge is 0.344 e. The Hall–Kier alpha value is -3.81. The van der Waals surface area contributed by atoms with Gasteiger partial charge in [0.15, 0.2) is 0 Å². The maximum absolute atomic E-state index is 12.9. The predicted octanol–water partition coefficient (Wildman–Crippen LogP) is 3.29. The van der Waals surface area contributed by atoms with E-state index in [4.69, 9.17) is 14.2 Å². The van der Waals surface area contributed by atoms with Gasteiger partial charge in [0.05, 0.1) is 13.2 Å². The number of hydrogen-bond donors (Lipinski definition) is 2. The lowest BCUT2D eigenvalue weighted by Crippen LogP contribution is -2.62. The molecule has 0 aliphatic heterocycles. The van der Waals surface area contributed by atoms with Gasteiger partial charge in [0, 0.05) is 30.4 Å². The van der Waals surface area contributed by atoms with Crippen LogP contribution in [0.15, 0.2) is 54.7 Å².